The van der Waals surface area contributed by atoms with Crippen molar-refractivity contribution in [1.29, 1.82) is 0 Å². The Labute approximate surface area is 197 Å². The molecular weight excluding hydrogens is 440 g/mol. The number of methoxy groups -OCH3 is 1. The lowest BCUT2D eigenvalue weighted by atomic mass is 9.79. The van der Waals surface area contributed by atoms with E-state index in [2.05, 4.69) is 0 Å². The van der Waals surface area contributed by atoms with Crippen LogP contribution >= 0.6 is 11.6 Å². The van der Waals surface area contributed by atoms with E-state index in [0.717, 1.165) is 11.1 Å². The van der Waals surface area contributed by atoms with Crippen LogP contribution in [-0.4, -0.2) is 35.6 Å². The van der Waals surface area contributed by atoms with Crippen molar-refractivity contribution >= 4 is 41.0 Å². The third kappa shape index (κ3) is 3.11. The number of halogens is 1. The van der Waals surface area contributed by atoms with Gasteiger partial charge in [0.2, 0.25) is 11.8 Å². The predicted molar refractivity (Wildman–Crippen MR) is 126 cm³/mol. The first-order valence-electron chi connectivity index (χ1n) is 11.0. The van der Waals surface area contributed by atoms with Gasteiger partial charge in [-0.15, -0.1) is 0 Å². The van der Waals surface area contributed by atoms with Gasteiger partial charge in [-0.2, -0.15) is 0 Å². The molecule has 170 valence electrons. The SMILES string of the molecule is COc1ccc(Cl)cc1N1C(=O)C2C(C1=O)C1c3ccccc3C=CN1C2C(=O)C(C)(C)C. The molecule has 33 heavy (non-hydrogen) atoms. The summed E-state index contributed by atoms with van der Waals surface area (Å²) < 4.78 is 5.43. The quantitative estimate of drug-likeness (QED) is 0.626. The summed E-state index contributed by atoms with van der Waals surface area (Å²) in [7, 11) is 1.48. The Bertz CT molecular complexity index is 1220. The summed E-state index contributed by atoms with van der Waals surface area (Å²) >= 11 is 6.21. The zero-order valence-corrected chi connectivity index (χ0v) is 19.7. The molecule has 2 fully saturated rings. The van der Waals surface area contributed by atoms with E-state index in [4.69, 9.17) is 16.3 Å². The topological polar surface area (TPSA) is 66.9 Å². The minimum Gasteiger partial charge on any atom is -0.495 e. The highest BCUT2D eigenvalue weighted by molar-refractivity contribution is 6.32. The van der Waals surface area contributed by atoms with Crippen molar-refractivity contribution in [3.8, 4) is 5.75 Å². The second-order valence-electron chi connectivity index (χ2n) is 9.78. The molecular formula is C26H25ClN2O4. The largest absolute Gasteiger partial charge is 0.495 e. The average molecular weight is 465 g/mol. The summed E-state index contributed by atoms with van der Waals surface area (Å²) in [5, 5.41) is 0.387. The summed E-state index contributed by atoms with van der Waals surface area (Å²) in [5.74, 6) is -1.91. The Hall–Kier alpha value is -3.12. The number of benzene rings is 2. The van der Waals surface area contributed by atoms with Gasteiger partial charge < -0.3 is 9.64 Å². The fourth-order valence-corrected chi connectivity index (χ4v) is 5.54. The molecule has 0 saturated carbocycles. The average Bonchev–Trinajstić information content (AvgIpc) is 3.25. The molecule has 3 aliphatic heterocycles. The third-order valence-electron chi connectivity index (χ3n) is 6.85. The minimum absolute atomic E-state index is 0.0647. The van der Waals surface area contributed by atoms with E-state index < -0.39 is 35.2 Å². The first-order valence-corrected chi connectivity index (χ1v) is 11.3. The van der Waals surface area contributed by atoms with Gasteiger partial charge in [-0.1, -0.05) is 56.6 Å². The van der Waals surface area contributed by atoms with Crippen LogP contribution in [0.25, 0.3) is 6.08 Å². The molecule has 4 atom stereocenters. The Kier molecular flexibility index (Phi) is 4.90. The van der Waals surface area contributed by atoms with Crippen LogP contribution in [0.2, 0.25) is 5.02 Å². The molecule has 0 N–H and O–H groups in total. The van der Waals surface area contributed by atoms with Gasteiger partial charge >= 0.3 is 0 Å². The zero-order chi connectivity index (χ0) is 23.7. The minimum atomic E-state index is -0.797. The van der Waals surface area contributed by atoms with Gasteiger partial charge in [-0.25, -0.2) is 4.90 Å². The Morgan fingerprint density at radius 3 is 2.42 bits per heavy atom. The van der Waals surface area contributed by atoms with Gasteiger partial charge in [0.05, 0.1) is 30.7 Å². The lowest BCUT2D eigenvalue weighted by Crippen LogP contribution is -2.47. The molecule has 2 aromatic rings. The lowest BCUT2D eigenvalue weighted by Gasteiger charge is -2.37. The fourth-order valence-electron chi connectivity index (χ4n) is 5.38. The second-order valence-corrected chi connectivity index (χ2v) is 10.2. The number of ketones is 1. The molecule has 2 saturated heterocycles. The van der Waals surface area contributed by atoms with Crippen LogP contribution in [0.3, 0.4) is 0 Å². The van der Waals surface area contributed by atoms with Crippen LogP contribution in [0.4, 0.5) is 5.69 Å². The monoisotopic (exact) mass is 464 g/mol. The van der Waals surface area contributed by atoms with Gasteiger partial charge in [0.25, 0.3) is 0 Å². The van der Waals surface area contributed by atoms with E-state index in [1.165, 1.54) is 12.0 Å². The molecule has 4 unspecified atom stereocenters. The molecule has 3 heterocycles. The number of fused-ring (bicyclic) bond motifs is 5. The van der Waals surface area contributed by atoms with Crippen LogP contribution in [0.1, 0.15) is 37.9 Å². The standard InChI is InChI=1S/C26H25ClN2O4/c1-26(2,3)23(30)22-20-19(21-16-8-6-5-7-14(16)11-12-28(21)22)24(31)29(25(20)32)17-13-15(27)9-10-18(17)33-4/h5-13,19-22H,1-4H3. The van der Waals surface area contributed by atoms with E-state index in [9.17, 15) is 14.4 Å². The van der Waals surface area contributed by atoms with Crippen molar-refractivity contribution in [1.82, 2.24) is 4.90 Å². The number of rotatable bonds is 3. The van der Waals surface area contributed by atoms with E-state index in [1.807, 2.05) is 62.2 Å². The van der Waals surface area contributed by atoms with Crippen molar-refractivity contribution in [3.63, 3.8) is 0 Å². The number of imide groups is 1. The molecule has 6 nitrogen and oxygen atoms in total. The zero-order valence-electron chi connectivity index (χ0n) is 18.9. The molecule has 0 bridgehead atoms. The van der Waals surface area contributed by atoms with Gasteiger partial charge in [0.15, 0.2) is 5.78 Å². The summed E-state index contributed by atoms with van der Waals surface area (Å²) in [6, 6.07) is 11.5. The van der Waals surface area contributed by atoms with Gasteiger partial charge in [-0.3, -0.25) is 14.4 Å². The normalized spacial score (nSPS) is 25.7. The number of amides is 2. The number of hydrogen-bond acceptors (Lipinski definition) is 5. The Balaban J connectivity index is 1.69. The highest BCUT2D eigenvalue weighted by Gasteiger charge is 2.65. The number of hydrogen-bond donors (Lipinski definition) is 0. The molecule has 0 spiro atoms. The van der Waals surface area contributed by atoms with Crippen LogP contribution in [0.5, 0.6) is 5.75 Å². The summed E-state index contributed by atoms with van der Waals surface area (Å²) in [4.78, 5) is 44.5. The smallest absolute Gasteiger partial charge is 0.240 e. The summed E-state index contributed by atoms with van der Waals surface area (Å²) in [6.07, 6.45) is 3.81. The van der Waals surface area contributed by atoms with Crippen LogP contribution in [-0.2, 0) is 14.4 Å². The molecule has 2 amide bonds. The van der Waals surface area contributed by atoms with E-state index >= 15 is 0 Å². The van der Waals surface area contributed by atoms with Gasteiger partial charge in [0.1, 0.15) is 11.8 Å². The molecule has 0 radical (unpaired) electrons. The van der Waals surface area contributed by atoms with E-state index in [1.54, 1.807) is 18.2 Å². The Morgan fingerprint density at radius 2 is 1.73 bits per heavy atom. The number of Topliss-reactive ketones (excluding diaryl/α,β-unsaturated/α-hetero) is 1. The molecule has 2 aromatic carbocycles. The second kappa shape index (κ2) is 7.45. The van der Waals surface area contributed by atoms with Gasteiger partial charge in [-0.05, 0) is 35.4 Å². The van der Waals surface area contributed by atoms with Crippen molar-refractivity contribution < 1.29 is 19.1 Å². The number of carbonyl (C=O) groups is 3. The lowest BCUT2D eigenvalue weighted by molar-refractivity contribution is -0.135. The van der Waals surface area contributed by atoms with Crippen LogP contribution in [0, 0.1) is 17.3 Å². The van der Waals surface area contributed by atoms with Crippen molar-refractivity contribution in [3.05, 3.63) is 64.8 Å². The van der Waals surface area contributed by atoms with Crippen molar-refractivity contribution in [2.45, 2.75) is 32.9 Å². The van der Waals surface area contributed by atoms with E-state index in [0.29, 0.717) is 16.5 Å². The highest BCUT2D eigenvalue weighted by atomic mass is 35.5. The molecule has 0 aromatic heterocycles. The van der Waals surface area contributed by atoms with Crippen molar-refractivity contribution in [2.24, 2.45) is 17.3 Å². The van der Waals surface area contributed by atoms with Crippen molar-refractivity contribution in [2.75, 3.05) is 12.0 Å². The summed E-state index contributed by atoms with van der Waals surface area (Å²) in [5.41, 5.74) is 1.56. The molecule has 0 aliphatic carbocycles. The number of carbonyl (C=O) groups excluding carboxylic acids is 3. The first kappa shape index (κ1) is 21.7. The fraction of sp³-hybridized carbons (Fsp3) is 0.346. The number of nitrogens with zero attached hydrogens (tertiary/aromatic N) is 2. The van der Waals surface area contributed by atoms with Crippen LogP contribution < -0.4 is 9.64 Å². The molecule has 5 rings (SSSR count). The number of anilines is 1. The molecule has 7 heteroatoms. The first-order chi connectivity index (χ1) is 15.6. The number of ether oxygens (including phenoxy) is 1. The van der Waals surface area contributed by atoms with E-state index in [-0.39, 0.29) is 11.7 Å². The third-order valence-corrected chi connectivity index (χ3v) is 7.09. The maximum Gasteiger partial charge on any atom is 0.240 e. The molecule has 3 aliphatic rings. The predicted octanol–water partition coefficient (Wildman–Crippen LogP) is 4.48. The van der Waals surface area contributed by atoms with Gasteiger partial charge in [0, 0.05) is 16.6 Å². The summed E-state index contributed by atoms with van der Waals surface area (Å²) in [6.45, 7) is 5.54. The maximum absolute atomic E-state index is 13.9. The highest BCUT2D eigenvalue weighted by Crippen LogP contribution is 2.55. The maximum atomic E-state index is 13.9. The van der Waals surface area contributed by atoms with Crippen LogP contribution in [0.15, 0.2) is 48.7 Å². The Morgan fingerprint density at radius 1 is 1.03 bits per heavy atom.